The van der Waals surface area contributed by atoms with E-state index in [9.17, 15) is 4.79 Å². The number of ether oxygens (including phenoxy) is 2. The van der Waals surface area contributed by atoms with Crippen molar-refractivity contribution < 1.29 is 14.3 Å². The first kappa shape index (κ1) is 23.1. The normalized spacial score (nSPS) is 14.6. The smallest absolute Gasteiger partial charge is 0.315 e. The Morgan fingerprint density at radius 3 is 2.61 bits per heavy atom. The maximum absolute atomic E-state index is 12.4. The van der Waals surface area contributed by atoms with Gasteiger partial charge in [-0.2, -0.15) is 0 Å². The summed E-state index contributed by atoms with van der Waals surface area (Å²) >= 11 is 1.74. The van der Waals surface area contributed by atoms with Gasteiger partial charge in [-0.3, -0.25) is 4.90 Å². The molecule has 1 unspecified atom stereocenters. The van der Waals surface area contributed by atoms with Gasteiger partial charge in [-0.25, -0.2) is 9.78 Å². The van der Waals surface area contributed by atoms with Crippen LogP contribution >= 0.6 is 11.3 Å². The van der Waals surface area contributed by atoms with E-state index < -0.39 is 0 Å². The maximum atomic E-state index is 12.4. The summed E-state index contributed by atoms with van der Waals surface area (Å²) in [6.07, 6.45) is 4.15. The molecule has 1 aromatic carbocycles. The lowest BCUT2D eigenvalue weighted by atomic mass is 10.2. The number of benzene rings is 1. The van der Waals surface area contributed by atoms with Gasteiger partial charge in [0, 0.05) is 30.2 Å². The van der Waals surface area contributed by atoms with Gasteiger partial charge < -0.3 is 20.1 Å². The fraction of sp³-hybridized carbons (Fsp3) is 0.360. The molecule has 174 valence electrons. The van der Waals surface area contributed by atoms with Crippen LogP contribution in [0.3, 0.4) is 0 Å². The number of thiophene rings is 1. The van der Waals surface area contributed by atoms with Gasteiger partial charge in [0.1, 0.15) is 0 Å². The average molecular weight is 467 g/mol. The molecular formula is C25H30N4O3S. The van der Waals surface area contributed by atoms with E-state index in [0.717, 1.165) is 18.7 Å². The predicted octanol–water partition coefficient (Wildman–Crippen LogP) is 4.97. The number of nitrogens with zero attached hydrogens (tertiary/aromatic N) is 2. The number of para-hydroxylation sites is 2. The molecule has 1 aliphatic rings. The minimum atomic E-state index is -0.179. The molecule has 3 aromatic rings. The summed E-state index contributed by atoms with van der Waals surface area (Å²) in [5.74, 6) is 1.77. The average Bonchev–Trinajstić information content (AvgIpc) is 3.56. The number of hydrogen-bond donors (Lipinski definition) is 2. The quantitative estimate of drug-likeness (QED) is 0.441. The molecule has 2 aromatic heterocycles. The Morgan fingerprint density at radius 1 is 1.09 bits per heavy atom. The van der Waals surface area contributed by atoms with Crippen LogP contribution in [-0.2, 0) is 6.54 Å². The number of urea groups is 1. The van der Waals surface area contributed by atoms with Crippen LogP contribution in [0.4, 0.5) is 4.79 Å². The van der Waals surface area contributed by atoms with Gasteiger partial charge >= 0.3 is 6.03 Å². The highest BCUT2D eigenvalue weighted by molar-refractivity contribution is 7.10. The van der Waals surface area contributed by atoms with E-state index >= 15 is 0 Å². The first-order valence-corrected chi connectivity index (χ1v) is 12.2. The maximum Gasteiger partial charge on any atom is 0.315 e. The fourth-order valence-electron chi connectivity index (χ4n) is 3.88. The number of aromatic nitrogens is 1. The van der Waals surface area contributed by atoms with Crippen LogP contribution < -0.4 is 20.1 Å². The second-order valence-corrected chi connectivity index (χ2v) is 8.80. The second kappa shape index (κ2) is 11.7. The van der Waals surface area contributed by atoms with Crippen molar-refractivity contribution in [2.45, 2.75) is 32.4 Å². The molecule has 8 heteroatoms. The van der Waals surface area contributed by atoms with E-state index in [-0.39, 0.29) is 12.1 Å². The molecule has 1 fully saturated rings. The van der Waals surface area contributed by atoms with Crippen LogP contribution in [0.15, 0.2) is 60.1 Å². The van der Waals surface area contributed by atoms with E-state index in [1.165, 1.54) is 17.7 Å². The zero-order valence-corrected chi connectivity index (χ0v) is 19.6. The second-order valence-electron chi connectivity index (χ2n) is 7.82. The summed E-state index contributed by atoms with van der Waals surface area (Å²) in [5, 5.41) is 8.05. The molecule has 0 aliphatic carbocycles. The molecule has 0 radical (unpaired) electrons. The first-order valence-electron chi connectivity index (χ1n) is 11.4. The molecule has 4 rings (SSSR count). The molecule has 33 heavy (non-hydrogen) atoms. The van der Waals surface area contributed by atoms with Crippen LogP contribution in [0.25, 0.3) is 0 Å². The van der Waals surface area contributed by atoms with Crippen molar-refractivity contribution in [3.8, 4) is 17.4 Å². The van der Waals surface area contributed by atoms with Gasteiger partial charge in [-0.1, -0.05) is 24.3 Å². The summed E-state index contributed by atoms with van der Waals surface area (Å²) < 4.78 is 11.4. The fourth-order valence-corrected chi connectivity index (χ4v) is 4.74. The van der Waals surface area contributed by atoms with Crippen molar-refractivity contribution in [2.75, 3.05) is 26.2 Å². The van der Waals surface area contributed by atoms with Crippen molar-refractivity contribution in [1.82, 2.24) is 20.5 Å². The monoisotopic (exact) mass is 466 g/mol. The Balaban J connectivity index is 1.26. The minimum Gasteiger partial charge on any atom is -0.490 e. The summed E-state index contributed by atoms with van der Waals surface area (Å²) in [5.41, 5.74) is 0.893. The SMILES string of the molecule is CCOc1ccccc1Oc1ccc(CNC(=O)NCC(c2cccs2)N2CCCC2)cn1. The Kier molecular flexibility index (Phi) is 8.16. The number of pyridine rings is 1. The van der Waals surface area contributed by atoms with Gasteiger partial charge in [-0.05, 0) is 62.0 Å². The topological polar surface area (TPSA) is 75.7 Å². The molecule has 2 N–H and O–H groups in total. The van der Waals surface area contributed by atoms with Gasteiger partial charge in [0.15, 0.2) is 11.5 Å². The highest BCUT2D eigenvalue weighted by atomic mass is 32.1. The molecule has 1 aliphatic heterocycles. The van der Waals surface area contributed by atoms with E-state index in [1.54, 1.807) is 23.6 Å². The lowest BCUT2D eigenvalue weighted by Gasteiger charge is -2.26. The zero-order chi connectivity index (χ0) is 22.9. The molecule has 0 bridgehead atoms. The molecule has 0 spiro atoms. The molecule has 2 amide bonds. The molecule has 1 saturated heterocycles. The third kappa shape index (κ3) is 6.46. The lowest BCUT2D eigenvalue weighted by Crippen LogP contribution is -2.41. The van der Waals surface area contributed by atoms with E-state index in [0.29, 0.717) is 37.1 Å². The lowest BCUT2D eigenvalue weighted by molar-refractivity contribution is 0.222. The Morgan fingerprint density at radius 2 is 1.91 bits per heavy atom. The zero-order valence-electron chi connectivity index (χ0n) is 18.8. The number of likely N-dealkylation sites (tertiary alicyclic amines) is 1. The van der Waals surface area contributed by atoms with Crippen LogP contribution in [0.1, 0.15) is 36.2 Å². The van der Waals surface area contributed by atoms with Gasteiger partial charge in [0.25, 0.3) is 0 Å². The van der Waals surface area contributed by atoms with Gasteiger partial charge in [0.2, 0.25) is 5.88 Å². The largest absolute Gasteiger partial charge is 0.490 e. The van der Waals surface area contributed by atoms with Crippen molar-refractivity contribution >= 4 is 17.4 Å². The molecule has 1 atom stereocenters. The van der Waals surface area contributed by atoms with Gasteiger partial charge in [-0.15, -0.1) is 11.3 Å². The van der Waals surface area contributed by atoms with E-state index in [1.807, 2.05) is 37.3 Å². The predicted molar refractivity (Wildman–Crippen MR) is 130 cm³/mol. The Labute approximate surface area is 198 Å². The van der Waals surface area contributed by atoms with Crippen LogP contribution in [0.5, 0.6) is 17.4 Å². The van der Waals surface area contributed by atoms with Crippen LogP contribution in [-0.4, -0.2) is 42.2 Å². The molecular weight excluding hydrogens is 436 g/mol. The van der Waals surface area contributed by atoms with E-state index in [2.05, 4.69) is 38.0 Å². The van der Waals surface area contributed by atoms with Crippen molar-refractivity contribution in [3.63, 3.8) is 0 Å². The summed E-state index contributed by atoms with van der Waals surface area (Å²) in [4.78, 5) is 20.5. The molecule has 0 saturated carbocycles. The van der Waals surface area contributed by atoms with Crippen molar-refractivity contribution in [1.29, 1.82) is 0 Å². The van der Waals surface area contributed by atoms with E-state index in [4.69, 9.17) is 9.47 Å². The van der Waals surface area contributed by atoms with Crippen LogP contribution in [0, 0.1) is 0 Å². The standard InChI is InChI=1S/C25H30N4O3S/c1-2-31-21-8-3-4-9-22(21)32-24-12-11-19(16-26-24)17-27-25(30)28-18-20(23-10-7-15-33-23)29-13-5-6-14-29/h3-4,7-12,15-16,20H,2,5-6,13-14,17-18H2,1H3,(H2,27,28,30). The minimum absolute atomic E-state index is 0.179. The third-order valence-electron chi connectivity index (χ3n) is 5.52. The third-order valence-corrected chi connectivity index (χ3v) is 6.50. The van der Waals surface area contributed by atoms with Crippen LogP contribution in [0.2, 0.25) is 0 Å². The number of amides is 2. The summed E-state index contributed by atoms with van der Waals surface area (Å²) in [7, 11) is 0. The summed E-state index contributed by atoms with van der Waals surface area (Å²) in [6.45, 7) is 5.65. The van der Waals surface area contributed by atoms with Crippen molar-refractivity contribution in [2.24, 2.45) is 0 Å². The molecule has 7 nitrogen and oxygen atoms in total. The number of rotatable bonds is 10. The number of nitrogens with one attached hydrogen (secondary N) is 2. The number of carbonyl (C=O) groups is 1. The van der Waals surface area contributed by atoms with Crippen molar-refractivity contribution in [3.05, 3.63) is 70.5 Å². The van der Waals surface area contributed by atoms with Gasteiger partial charge in [0.05, 0.1) is 12.6 Å². The number of hydrogen-bond acceptors (Lipinski definition) is 6. The highest BCUT2D eigenvalue weighted by Gasteiger charge is 2.24. The highest BCUT2D eigenvalue weighted by Crippen LogP contribution is 2.30. The number of carbonyl (C=O) groups excluding carboxylic acids is 1. The Hall–Kier alpha value is -3.10. The summed E-state index contributed by atoms with van der Waals surface area (Å²) in [6, 6.07) is 15.5. The Bertz CT molecular complexity index is 1000. The first-order chi connectivity index (χ1) is 16.2. The molecule has 3 heterocycles.